The molecule has 3 rings (SSSR count). The molecule has 1 aromatic carbocycles. The first-order valence-electron chi connectivity index (χ1n) is 9.56. The van der Waals surface area contributed by atoms with E-state index in [2.05, 4.69) is 53.8 Å². The van der Waals surface area contributed by atoms with Gasteiger partial charge in [-0.3, -0.25) is 9.69 Å². The minimum atomic E-state index is 0.108. The molecule has 5 nitrogen and oxygen atoms in total. The average molecular weight is 342 g/mol. The number of para-hydroxylation sites is 2. The molecule has 2 heterocycles. The molecule has 0 aliphatic carbocycles. The van der Waals surface area contributed by atoms with Crippen molar-refractivity contribution in [2.75, 3.05) is 19.6 Å². The molecular formula is C20H30N4O. The lowest BCUT2D eigenvalue weighted by atomic mass is 9.97. The SMILES string of the molecule is CCCNC(=O)[C@@H]1CCCN(Cc2nc3ccccc3n2C(C)C)C1. The molecule has 136 valence electrons. The lowest BCUT2D eigenvalue weighted by Gasteiger charge is -2.32. The fourth-order valence-corrected chi connectivity index (χ4v) is 3.79. The second-order valence-corrected chi connectivity index (χ2v) is 7.35. The van der Waals surface area contributed by atoms with Crippen molar-refractivity contribution in [3.8, 4) is 0 Å². The van der Waals surface area contributed by atoms with Gasteiger partial charge in [-0.1, -0.05) is 19.1 Å². The number of likely N-dealkylation sites (tertiary alicyclic amines) is 1. The van der Waals surface area contributed by atoms with E-state index in [1.165, 1.54) is 5.52 Å². The van der Waals surface area contributed by atoms with Crippen molar-refractivity contribution in [3.05, 3.63) is 30.1 Å². The van der Waals surface area contributed by atoms with Gasteiger partial charge in [-0.15, -0.1) is 0 Å². The van der Waals surface area contributed by atoms with Crippen molar-refractivity contribution in [1.82, 2.24) is 19.8 Å². The minimum absolute atomic E-state index is 0.108. The maximum absolute atomic E-state index is 12.3. The number of fused-ring (bicyclic) bond motifs is 1. The lowest BCUT2D eigenvalue weighted by molar-refractivity contribution is -0.126. The zero-order valence-electron chi connectivity index (χ0n) is 15.7. The quantitative estimate of drug-likeness (QED) is 0.876. The molecule has 1 aliphatic rings. The molecular weight excluding hydrogens is 312 g/mol. The highest BCUT2D eigenvalue weighted by Crippen LogP contribution is 2.24. The Labute approximate surface area is 150 Å². The van der Waals surface area contributed by atoms with Crippen LogP contribution in [0.3, 0.4) is 0 Å². The van der Waals surface area contributed by atoms with Gasteiger partial charge in [0.05, 0.1) is 23.5 Å². The van der Waals surface area contributed by atoms with E-state index in [1.54, 1.807) is 0 Å². The molecule has 0 radical (unpaired) electrons. The maximum Gasteiger partial charge on any atom is 0.224 e. The first-order valence-corrected chi connectivity index (χ1v) is 9.56. The monoisotopic (exact) mass is 342 g/mol. The number of benzene rings is 1. The Morgan fingerprint density at radius 1 is 1.36 bits per heavy atom. The molecule has 0 unspecified atom stereocenters. The molecule has 1 aromatic heterocycles. The summed E-state index contributed by atoms with van der Waals surface area (Å²) >= 11 is 0. The van der Waals surface area contributed by atoms with Gasteiger partial charge in [0.2, 0.25) is 5.91 Å². The summed E-state index contributed by atoms with van der Waals surface area (Å²) in [4.78, 5) is 19.6. The Bertz CT molecular complexity index is 722. The van der Waals surface area contributed by atoms with Gasteiger partial charge in [0.1, 0.15) is 5.82 Å². The van der Waals surface area contributed by atoms with Crippen molar-refractivity contribution < 1.29 is 4.79 Å². The van der Waals surface area contributed by atoms with E-state index in [9.17, 15) is 4.79 Å². The van der Waals surface area contributed by atoms with Gasteiger partial charge in [-0.25, -0.2) is 4.98 Å². The number of amides is 1. The number of carbonyl (C=O) groups excluding carboxylic acids is 1. The maximum atomic E-state index is 12.3. The fraction of sp³-hybridized carbons (Fsp3) is 0.600. The van der Waals surface area contributed by atoms with Crippen LogP contribution in [0.25, 0.3) is 11.0 Å². The van der Waals surface area contributed by atoms with Crippen LogP contribution in [-0.4, -0.2) is 40.0 Å². The summed E-state index contributed by atoms with van der Waals surface area (Å²) < 4.78 is 2.33. The summed E-state index contributed by atoms with van der Waals surface area (Å²) in [6.07, 6.45) is 3.05. The van der Waals surface area contributed by atoms with Crippen molar-refractivity contribution in [2.24, 2.45) is 5.92 Å². The van der Waals surface area contributed by atoms with Crippen LogP contribution in [0.4, 0.5) is 0 Å². The van der Waals surface area contributed by atoms with Crippen molar-refractivity contribution in [1.29, 1.82) is 0 Å². The van der Waals surface area contributed by atoms with Crippen LogP contribution >= 0.6 is 0 Å². The van der Waals surface area contributed by atoms with E-state index in [-0.39, 0.29) is 11.8 Å². The van der Waals surface area contributed by atoms with Crippen molar-refractivity contribution in [2.45, 2.75) is 52.6 Å². The van der Waals surface area contributed by atoms with Gasteiger partial charge >= 0.3 is 0 Å². The van der Waals surface area contributed by atoms with E-state index in [1.807, 2.05) is 6.07 Å². The Morgan fingerprint density at radius 2 is 2.16 bits per heavy atom. The van der Waals surface area contributed by atoms with Crippen LogP contribution < -0.4 is 5.32 Å². The van der Waals surface area contributed by atoms with Gasteiger partial charge in [0.15, 0.2) is 0 Å². The van der Waals surface area contributed by atoms with E-state index >= 15 is 0 Å². The van der Waals surface area contributed by atoms with Crippen LogP contribution in [0.1, 0.15) is 51.9 Å². The Balaban J connectivity index is 1.74. The first kappa shape index (κ1) is 17.9. The van der Waals surface area contributed by atoms with Gasteiger partial charge in [-0.05, 0) is 51.8 Å². The molecule has 1 amide bonds. The summed E-state index contributed by atoms with van der Waals surface area (Å²) in [7, 11) is 0. The topological polar surface area (TPSA) is 50.2 Å². The molecule has 25 heavy (non-hydrogen) atoms. The number of nitrogens with zero attached hydrogens (tertiary/aromatic N) is 3. The lowest BCUT2D eigenvalue weighted by Crippen LogP contribution is -2.43. The summed E-state index contributed by atoms with van der Waals surface area (Å²) in [6, 6.07) is 8.70. The number of piperidine rings is 1. The largest absolute Gasteiger partial charge is 0.356 e. The van der Waals surface area contributed by atoms with E-state index in [4.69, 9.17) is 4.98 Å². The average Bonchev–Trinajstić information content (AvgIpc) is 2.97. The molecule has 1 saturated heterocycles. The van der Waals surface area contributed by atoms with Gasteiger partial charge in [-0.2, -0.15) is 0 Å². The summed E-state index contributed by atoms with van der Waals surface area (Å²) in [6.45, 7) is 9.95. The number of aromatic nitrogens is 2. The molecule has 1 fully saturated rings. The van der Waals surface area contributed by atoms with E-state index in [0.29, 0.717) is 6.04 Å². The summed E-state index contributed by atoms with van der Waals surface area (Å²) in [5, 5.41) is 3.05. The standard InChI is InChI=1S/C20H30N4O/c1-4-11-21-20(25)16-8-7-12-23(13-16)14-19-22-17-9-5-6-10-18(17)24(19)15(2)3/h5-6,9-10,15-16H,4,7-8,11-14H2,1-3H3,(H,21,25)/t16-/m1/s1. The summed E-state index contributed by atoms with van der Waals surface area (Å²) in [5.74, 6) is 1.42. The number of imidazole rings is 1. The highest BCUT2D eigenvalue weighted by Gasteiger charge is 2.26. The number of hydrogen-bond acceptors (Lipinski definition) is 3. The third-order valence-corrected chi connectivity index (χ3v) is 4.98. The van der Waals surface area contributed by atoms with E-state index < -0.39 is 0 Å². The highest BCUT2D eigenvalue weighted by atomic mass is 16.1. The Morgan fingerprint density at radius 3 is 2.92 bits per heavy atom. The summed E-state index contributed by atoms with van der Waals surface area (Å²) in [5.41, 5.74) is 2.25. The number of rotatable bonds is 6. The van der Waals surface area contributed by atoms with Crippen LogP contribution in [0.15, 0.2) is 24.3 Å². The number of carbonyl (C=O) groups is 1. The molecule has 0 bridgehead atoms. The minimum Gasteiger partial charge on any atom is -0.356 e. The molecule has 1 N–H and O–H groups in total. The molecule has 0 saturated carbocycles. The van der Waals surface area contributed by atoms with E-state index in [0.717, 1.165) is 56.8 Å². The van der Waals surface area contributed by atoms with Gasteiger partial charge < -0.3 is 9.88 Å². The zero-order valence-corrected chi connectivity index (χ0v) is 15.7. The predicted molar refractivity (Wildman–Crippen MR) is 101 cm³/mol. The zero-order chi connectivity index (χ0) is 17.8. The smallest absolute Gasteiger partial charge is 0.224 e. The van der Waals surface area contributed by atoms with Crippen LogP contribution in [0, 0.1) is 5.92 Å². The predicted octanol–water partition coefficient (Wildman–Crippen LogP) is 3.36. The molecule has 2 aromatic rings. The molecule has 0 spiro atoms. The molecule has 1 aliphatic heterocycles. The van der Waals surface area contributed by atoms with Gasteiger partial charge in [0.25, 0.3) is 0 Å². The molecule has 1 atom stereocenters. The first-order chi connectivity index (χ1) is 12.1. The van der Waals surface area contributed by atoms with Crippen LogP contribution in [0.5, 0.6) is 0 Å². The second-order valence-electron chi connectivity index (χ2n) is 7.35. The van der Waals surface area contributed by atoms with Crippen molar-refractivity contribution >= 4 is 16.9 Å². The van der Waals surface area contributed by atoms with Crippen LogP contribution in [-0.2, 0) is 11.3 Å². The van der Waals surface area contributed by atoms with Crippen LogP contribution in [0.2, 0.25) is 0 Å². The third kappa shape index (κ3) is 4.03. The second kappa shape index (κ2) is 8.00. The Hall–Kier alpha value is -1.88. The Kier molecular flexibility index (Phi) is 5.74. The third-order valence-electron chi connectivity index (χ3n) is 4.98. The number of nitrogens with one attached hydrogen (secondary N) is 1. The molecule has 5 heteroatoms. The fourth-order valence-electron chi connectivity index (χ4n) is 3.79. The highest BCUT2D eigenvalue weighted by molar-refractivity contribution is 5.79. The van der Waals surface area contributed by atoms with Gasteiger partial charge in [0, 0.05) is 19.1 Å². The number of hydrogen-bond donors (Lipinski definition) is 1. The van der Waals surface area contributed by atoms with Crippen molar-refractivity contribution in [3.63, 3.8) is 0 Å². The normalized spacial score (nSPS) is 18.8.